The predicted octanol–water partition coefficient (Wildman–Crippen LogP) is 3.68. The Kier molecular flexibility index (Phi) is 6.33. The molecule has 1 fully saturated rings. The van der Waals surface area contributed by atoms with Crippen LogP contribution in [0.1, 0.15) is 29.3 Å². The summed E-state index contributed by atoms with van der Waals surface area (Å²) in [7, 11) is 0. The van der Waals surface area contributed by atoms with Crippen LogP contribution in [0, 0.1) is 5.92 Å². The molecule has 3 nitrogen and oxygen atoms in total. The van der Waals surface area contributed by atoms with E-state index in [1.165, 1.54) is 0 Å². The summed E-state index contributed by atoms with van der Waals surface area (Å²) in [4.78, 5) is 15.3. The van der Waals surface area contributed by atoms with Crippen molar-refractivity contribution >= 4 is 22.8 Å². The first-order valence-electron chi connectivity index (χ1n) is 8.24. The molecule has 1 aliphatic heterocycles. The number of ketones is 1. The number of nitrogens with zero attached hydrogens (tertiary/aromatic N) is 1. The van der Waals surface area contributed by atoms with Crippen LogP contribution in [0.15, 0.2) is 60.7 Å². The number of likely N-dealkylation sites (tertiary alicyclic amines) is 1. The van der Waals surface area contributed by atoms with Gasteiger partial charge in [-0.15, -0.1) is 17.0 Å². The highest BCUT2D eigenvalue weighted by Gasteiger charge is 2.46. The molecule has 0 aliphatic carbocycles. The van der Waals surface area contributed by atoms with E-state index in [0.29, 0.717) is 18.5 Å². The summed E-state index contributed by atoms with van der Waals surface area (Å²) in [6.07, 6.45) is 0.577. The number of rotatable bonds is 4. The first kappa shape index (κ1) is 18.8. The van der Waals surface area contributed by atoms with Crippen molar-refractivity contribution in [3.05, 3.63) is 71.8 Å². The Labute approximate surface area is 154 Å². The van der Waals surface area contributed by atoms with Crippen LogP contribution in [0.3, 0.4) is 0 Å². The molecular weight excluding hydrogens is 366 g/mol. The quantitative estimate of drug-likeness (QED) is 0.810. The zero-order chi connectivity index (χ0) is 16.3. The molecule has 0 spiro atoms. The minimum atomic E-state index is -1.10. The lowest BCUT2D eigenvalue weighted by Crippen LogP contribution is -2.53. The number of halogens is 1. The number of hydrogen-bond donors (Lipinski definition) is 1. The fraction of sp³-hybridized carbons (Fsp3) is 0.350. The third-order valence-electron chi connectivity index (χ3n) is 4.92. The lowest BCUT2D eigenvalue weighted by Gasteiger charge is -2.44. The van der Waals surface area contributed by atoms with Crippen molar-refractivity contribution in [1.29, 1.82) is 0 Å². The van der Waals surface area contributed by atoms with Crippen LogP contribution in [-0.2, 0) is 5.60 Å². The molecule has 1 heterocycles. The fourth-order valence-corrected chi connectivity index (χ4v) is 3.47. The van der Waals surface area contributed by atoms with E-state index in [9.17, 15) is 9.90 Å². The van der Waals surface area contributed by atoms with Gasteiger partial charge in [-0.25, -0.2) is 0 Å². The normalized spacial score (nSPS) is 24.2. The van der Waals surface area contributed by atoms with E-state index in [1.807, 2.05) is 60.7 Å². The Hall–Kier alpha value is -1.49. The second-order valence-electron chi connectivity index (χ2n) is 6.22. The molecule has 1 N–H and O–H groups in total. The molecule has 2 aromatic rings. The van der Waals surface area contributed by atoms with Crippen LogP contribution in [0.2, 0.25) is 0 Å². The monoisotopic (exact) mass is 389 g/mol. The van der Waals surface area contributed by atoms with E-state index >= 15 is 0 Å². The number of Topliss-reactive ketones (excluding diaryl/α,β-unsaturated/α-hetero) is 1. The minimum absolute atomic E-state index is 0. The van der Waals surface area contributed by atoms with Gasteiger partial charge in [-0.05, 0) is 18.5 Å². The van der Waals surface area contributed by atoms with Gasteiger partial charge in [0.05, 0.1) is 5.92 Å². The summed E-state index contributed by atoms with van der Waals surface area (Å²) >= 11 is 0. The van der Waals surface area contributed by atoms with Crippen LogP contribution in [0.5, 0.6) is 0 Å². The maximum atomic E-state index is 13.1. The Balaban J connectivity index is 0.00000208. The van der Waals surface area contributed by atoms with Gasteiger partial charge in [0.1, 0.15) is 5.60 Å². The molecule has 0 aromatic heterocycles. The van der Waals surface area contributed by atoms with Crippen molar-refractivity contribution in [2.75, 3.05) is 19.6 Å². The summed E-state index contributed by atoms with van der Waals surface area (Å²) in [6, 6.07) is 18.9. The average molecular weight is 390 g/mol. The third kappa shape index (κ3) is 3.61. The van der Waals surface area contributed by atoms with Crippen LogP contribution >= 0.6 is 17.0 Å². The zero-order valence-corrected chi connectivity index (χ0v) is 15.6. The topological polar surface area (TPSA) is 40.5 Å². The molecule has 0 radical (unpaired) electrons. The highest BCUT2D eigenvalue weighted by atomic mass is 79.9. The fourth-order valence-electron chi connectivity index (χ4n) is 3.47. The Bertz CT molecular complexity index is 662. The van der Waals surface area contributed by atoms with Crippen molar-refractivity contribution in [2.24, 2.45) is 5.92 Å². The smallest absolute Gasteiger partial charge is 0.170 e. The molecular formula is C20H24BrNO2. The van der Waals surface area contributed by atoms with Gasteiger partial charge in [-0.1, -0.05) is 67.6 Å². The molecule has 2 aromatic carbocycles. The largest absolute Gasteiger partial charge is 0.384 e. The van der Waals surface area contributed by atoms with Gasteiger partial charge >= 0.3 is 0 Å². The standard InChI is InChI=1S/C20H23NO2.BrH/c1-2-21-14-13-20(23,17-11-7-4-8-12-17)18(15-21)19(22)16-9-5-3-6-10-16;/h3-12,18,23H,2,13-15H2,1H3;1H. The number of benzene rings is 2. The Morgan fingerprint density at radius 1 is 1.12 bits per heavy atom. The Morgan fingerprint density at radius 3 is 2.29 bits per heavy atom. The van der Waals surface area contributed by atoms with Crippen molar-refractivity contribution in [2.45, 2.75) is 18.9 Å². The minimum Gasteiger partial charge on any atom is -0.384 e. The van der Waals surface area contributed by atoms with Crippen LogP contribution in [-0.4, -0.2) is 35.4 Å². The van der Waals surface area contributed by atoms with Crippen LogP contribution < -0.4 is 0 Å². The van der Waals surface area contributed by atoms with E-state index in [0.717, 1.165) is 18.7 Å². The van der Waals surface area contributed by atoms with Gasteiger partial charge in [-0.2, -0.15) is 0 Å². The van der Waals surface area contributed by atoms with Crippen molar-refractivity contribution in [1.82, 2.24) is 4.90 Å². The van der Waals surface area contributed by atoms with E-state index in [2.05, 4.69) is 11.8 Å². The zero-order valence-electron chi connectivity index (χ0n) is 13.9. The second kappa shape index (κ2) is 8.06. The molecule has 2 atom stereocenters. The molecule has 2 unspecified atom stereocenters. The summed E-state index contributed by atoms with van der Waals surface area (Å²) in [6.45, 7) is 4.39. The molecule has 3 rings (SSSR count). The van der Waals surface area contributed by atoms with Gasteiger partial charge < -0.3 is 10.0 Å². The Morgan fingerprint density at radius 2 is 1.71 bits per heavy atom. The number of carbonyl (C=O) groups excluding carboxylic acids is 1. The van der Waals surface area contributed by atoms with E-state index < -0.39 is 11.5 Å². The van der Waals surface area contributed by atoms with Gasteiger partial charge in [0.2, 0.25) is 0 Å². The summed E-state index contributed by atoms with van der Waals surface area (Å²) in [5, 5.41) is 11.4. The molecule has 128 valence electrons. The maximum Gasteiger partial charge on any atom is 0.170 e. The molecule has 0 bridgehead atoms. The van der Waals surface area contributed by atoms with Crippen molar-refractivity contribution in [3.63, 3.8) is 0 Å². The second-order valence-corrected chi connectivity index (χ2v) is 6.22. The van der Waals surface area contributed by atoms with Gasteiger partial charge in [0.25, 0.3) is 0 Å². The summed E-state index contributed by atoms with van der Waals surface area (Å²) in [5.74, 6) is -0.420. The summed E-state index contributed by atoms with van der Waals surface area (Å²) < 4.78 is 0. The van der Waals surface area contributed by atoms with E-state index in [1.54, 1.807) is 0 Å². The first-order chi connectivity index (χ1) is 11.1. The SMILES string of the molecule is Br.CCN1CCC(O)(c2ccccc2)C(C(=O)c2ccccc2)C1. The molecule has 0 amide bonds. The molecule has 0 saturated carbocycles. The van der Waals surface area contributed by atoms with Crippen LogP contribution in [0.4, 0.5) is 0 Å². The van der Waals surface area contributed by atoms with E-state index in [4.69, 9.17) is 0 Å². The van der Waals surface area contributed by atoms with E-state index in [-0.39, 0.29) is 22.8 Å². The third-order valence-corrected chi connectivity index (χ3v) is 4.92. The highest BCUT2D eigenvalue weighted by molar-refractivity contribution is 8.93. The van der Waals surface area contributed by atoms with Gasteiger partial charge in [0, 0.05) is 18.7 Å². The highest BCUT2D eigenvalue weighted by Crippen LogP contribution is 2.39. The van der Waals surface area contributed by atoms with Crippen molar-refractivity contribution < 1.29 is 9.90 Å². The van der Waals surface area contributed by atoms with Crippen LogP contribution in [0.25, 0.3) is 0 Å². The number of piperidine rings is 1. The van der Waals surface area contributed by atoms with Crippen molar-refractivity contribution in [3.8, 4) is 0 Å². The number of hydrogen-bond acceptors (Lipinski definition) is 3. The van der Waals surface area contributed by atoms with Gasteiger partial charge in [-0.3, -0.25) is 4.79 Å². The number of carbonyl (C=O) groups is 1. The molecule has 1 saturated heterocycles. The lowest BCUT2D eigenvalue weighted by molar-refractivity contribution is -0.0631. The first-order valence-corrected chi connectivity index (χ1v) is 8.24. The molecule has 24 heavy (non-hydrogen) atoms. The number of aliphatic hydroxyl groups is 1. The molecule has 1 aliphatic rings. The average Bonchev–Trinajstić information content (AvgIpc) is 2.63. The predicted molar refractivity (Wildman–Crippen MR) is 102 cm³/mol. The molecule has 4 heteroatoms. The summed E-state index contributed by atoms with van der Waals surface area (Å²) in [5.41, 5.74) is 0.412. The maximum absolute atomic E-state index is 13.1. The lowest BCUT2D eigenvalue weighted by atomic mass is 9.72. The van der Waals surface area contributed by atoms with Gasteiger partial charge in [0.15, 0.2) is 5.78 Å².